The minimum atomic E-state index is -3.62. The van der Waals surface area contributed by atoms with E-state index in [0.29, 0.717) is 37.0 Å². The molecule has 2 aromatic rings. The van der Waals surface area contributed by atoms with Crippen molar-refractivity contribution in [3.63, 3.8) is 0 Å². The van der Waals surface area contributed by atoms with E-state index in [-0.39, 0.29) is 23.3 Å². The van der Waals surface area contributed by atoms with Gasteiger partial charge in [-0.25, -0.2) is 8.42 Å². The van der Waals surface area contributed by atoms with Crippen LogP contribution in [0.25, 0.3) is 0 Å². The Morgan fingerprint density at radius 3 is 2.52 bits per heavy atom. The number of nitrogens with one attached hydrogen (secondary N) is 1. The lowest BCUT2D eigenvalue weighted by Crippen LogP contribution is -2.42. The standard InChI is InChI=1S/C25H35N3O4S/c1-19-13-20(2)18-28(17-19)33(30,31)22-8-5-7-21(14-22)24(29)16-26-15-23(25-9-6-12-32-25)27-10-3-4-11-27/h5-9,12,14,19-20,23,26H,3-4,10-11,13,15-18H2,1-2H3. The Morgan fingerprint density at radius 2 is 1.85 bits per heavy atom. The molecule has 0 radical (unpaired) electrons. The SMILES string of the molecule is CC1CC(C)CN(S(=O)(=O)c2cccc(C(=O)CNCC(c3ccco3)N3CCCC3)c2)C1. The van der Waals surface area contributed by atoms with Crippen molar-refractivity contribution < 1.29 is 17.6 Å². The minimum absolute atomic E-state index is 0.0880. The Kier molecular flexibility index (Phi) is 7.69. The smallest absolute Gasteiger partial charge is 0.243 e. The number of rotatable bonds is 9. The van der Waals surface area contributed by atoms with E-state index in [4.69, 9.17) is 4.42 Å². The van der Waals surface area contributed by atoms with Gasteiger partial charge in [-0.1, -0.05) is 26.0 Å². The molecule has 7 nitrogen and oxygen atoms in total. The number of hydrogen-bond donors (Lipinski definition) is 1. The molecule has 2 aliphatic rings. The van der Waals surface area contributed by atoms with E-state index in [2.05, 4.69) is 24.1 Å². The number of benzene rings is 1. The van der Waals surface area contributed by atoms with E-state index >= 15 is 0 Å². The van der Waals surface area contributed by atoms with E-state index in [1.54, 1.807) is 28.8 Å². The van der Waals surface area contributed by atoms with Gasteiger partial charge in [0.15, 0.2) is 5.78 Å². The van der Waals surface area contributed by atoms with E-state index in [1.807, 2.05) is 12.1 Å². The summed E-state index contributed by atoms with van der Waals surface area (Å²) in [6.07, 6.45) is 5.06. The van der Waals surface area contributed by atoms with Gasteiger partial charge in [-0.15, -0.1) is 0 Å². The highest BCUT2D eigenvalue weighted by Crippen LogP contribution is 2.27. The average molecular weight is 474 g/mol. The summed E-state index contributed by atoms with van der Waals surface area (Å²) in [6.45, 7) is 8.01. The van der Waals surface area contributed by atoms with Crippen LogP contribution in [0.5, 0.6) is 0 Å². The summed E-state index contributed by atoms with van der Waals surface area (Å²) in [5, 5.41) is 3.27. The molecule has 33 heavy (non-hydrogen) atoms. The average Bonchev–Trinajstić information content (AvgIpc) is 3.51. The van der Waals surface area contributed by atoms with Gasteiger partial charge in [0, 0.05) is 25.2 Å². The van der Waals surface area contributed by atoms with Crippen LogP contribution in [0.1, 0.15) is 55.3 Å². The first-order valence-electron chi connectivity index (χ1n) is 12.0. The zero-order valence-electron chi connectivity index (χ0n) is 19.6. The van der Waals surface area contributed by atoms with Crippen molar-refractivity contribution in [2.45, 2.75) is 44.0 Å². The lowest BCUT2D eigenvalue weighted by molar-refractivity contribution is 0.0986. The van der Waals surface area contributed by atoms with Crippen molar-refractivity contribution in [2.75, 3.05) is 39.3 Å². The van der Waals surface area contributed by atoms with Crippen molar-refractivity contribution >= 4 is 15.8 Å². The maximum absolute atomic E-state index is 13.2. The fourth-order valence-corrected chi connectivity index (χ4v) is 6.88. The van der Waals surface area contributed by atoms with Gasteiger partial charge in [0.05, 0.1) is 23.7 Å². The van der Waals surface area contributed by atoms with Crippen LogP contribution in [-0.4, -0.2) is 62.7 Å². The number of hydrogen-bond acceptors (Lipinski definition) is 6. The molecule has 0 aliphatic carbocycles. The van der Waals surface area contributed by atoms with Gasteiger partial charge >= 0.3 is 0 Å². The maximum atomic E-state index is 13.2. The maximum Gasteiger partial charge on any atom is 0.243 e. The zero-order valence-corrected chi connectivity index (χ0v) is 20.4. The number of piperidine rings is 1. The second kappa shape index (κ2) is 10.5. The van der Waals surface area contributed by atoms with Crippen LogP contribution in [0.15, 0.2) is 52.0 Å². The Bertz CT molecular complexity index is 1020. The van der Waals surface area contributed by atoms with Gasteiger partial charge in [-0.05, 0) is 68.5 Å². The van der Waals surface area contributed by atoms with Crippen molar-refractivity contribution in [3.05, 3.63) is 54.0 Å². The molecule has 0 amide bonds. The van der Waals surface area contributed by atoms with Gasteiger partial charge in [0.1, 0.15) is 5.76 Å². The summed E-state index contributed by atoms with van der Waals surface area (Å²) in [4.78, 5) is 15.5. The second-order valence-corrected chi connectivity index (χ2v) is 11.6. The summed E-state index contributed by atoms with van der Waals surface area (Å²) < 4.78 is 33.6. The van der Waals surface area contributed by atoms with Crippen LogP contribution in [-0.2, 0) is 10.0 Å². The van der Waals surface area contributed by atoms with Crippen molar-refractivity contribution in [1.82, 2.24) is 14.5 Å². The van der Waals surface area contributed by atoms with Crippen molar-refractivity contribution in [2.24, 2.45) is 11.8 Å². The predicted molar refractivity (Wildman–Crippen MR) is 128 cm³/mol. The fourth-order valence-electron chi connectivity index (χ4n) is 5.15. The normalized spacial score (nSPS) is 23.6. The molecule has 1 N–H and O–H groups in total. The van der Waals surface area contributed by atoms with Crippen LogP contribution in [0.3, 0.4) is 0 Å². The number of carbonyl (C=O) groups excluding carboxylic acids is 1. The molecule has 2 aliphatic heterocycles. The van der Waals surface area contributed by atoms with Gasteiger partial charge in [0.25, 0.3) is 0 Å². The predicted octanol–water partition coefficient (Wildman–Crippen LogP) is 3.56. The third-order valence-corrected chi connectivity index (χ3v) is 8.53. The van der Waals surface area contributed by atoms with Crippen molar-refractivity contribution in [1.29, 1.82) is 0 Å². The minimum Gasteiger partial charge on any atom is -0.468 e. The van der Waals surface area contributed by atoms with Gasteiger partial charge in [-0.3, -0.25) is 9.69 Å². The van der Waals surface area contributed by atoms with Gasteiger partial charge in [-0.2, -0.15) is 4.31 Å². The molecule has 180 valence electrons. The highest BCUT2D eigenvalue weighted by molar-refractivity contribution is 7.89. The Hall–Kier alpha value is -2.00. The molecule has 0 spiro atoms. The van der Waals surface area contributed by atoms with Crippen LogP contribution in [0, 0.1) is 11.8 Å². The number of ketones is 1. The van der Waals surface area contributed by atoms with Crippen LogP contribution in [0.2, 0.25) is 0 Å². The van der Waals surface area contributed by atoms with Crippen LogP contribution < -0.4 is 5.32 Å². The monoisotopic (exact) mass is 473 g/mol. The summed E-state index contributed by atoms with van der Waals surface area (Å²) in [7, 11) is -3.62. The molecule has 3 heterocycles. The summed E-state index contributed by atoms with van der Waals surface area (Å²) >= 11 is 0. The first kappa shape index (κ1) is 24.1. The number of Topliss-reactive ketones (excluding diaryl/α,β-unsaturated/α-hetero) is 1. The number of furan rings is 1. The Labute approximate surface area is 197 Å². The van der Waals surface area contributed by atoms with E-state index in [0.717, 1.165) is 25.3 Å². The summed E-state index contributed by atoms with van der Waals surface area (Å²) in [5.74, 6) is 1.44. The summed E-state index contributed by atoms with van der Waals surface area (Å²) in [5.41, 5.74) is 0.414. The van der Waals surface area contributed by atoms with Crippen LogP contribution >= 0.6 is 0 Å². The third kappa shape index (κ3) is 5.74. The first-order valence-corrected chi connectivity index (χ1v) is 13.4. The number of nitrogens with zero attached hydrogens (tertiary/aromatic N) is 2. The molecule has 1 aromatic carbocycles. The fraction of sp³-hybridized carbons (Fsp3) is 0.560. The van der Waals surface area contributed by atoms with Crippen molar-refractivity contribution in [3.8, 4) is 0 Å². The molecular weight excluding hydrogens is 438 g/mol. The highest BCUT2D eigenvalue weighted by Gasteiger charge is 2.32. The largest absolute Gasteiger partial charge is 0.468 e. The first-order chi connectivity index (χ1) is 15.8. The molecule has 4 rings (SSSR count). The van der Waals surface area contributed by atoms with Gasteiger partial charge < -0.3 is 9.73 Å². The van der Waals surface area contributed by atoms with E-state index in [9.17, 15) is 13.2 Å². The number of carbonyl (C=O) groups is 1. The molecule has 1 aromatic heterocycles. The quantitative estimate of drug-likeness (QED) is 0.561. The highest BCUT2D eigenvalue weighted by atomic mass is 32.2. The molecule has 3 unspecified atom stereocenters. The molecule has 2 saturated heterocycles. The lowest BCUT2D eigenvalue weighted by atomic mass is 9.94. The lowest BCUT2D eigenvalue weighted by Gasteiger charge is -2.34. The Balaban J connectivity index is 1.40. The number of likely N-dealkylation sites (tertiary alicyclic amines) is 1. The molecule has 8 heteroatoms. The Morgan fingerprint density at radius 1 is 1.12 bits per heavy atom. The van der Waals surface area contributed by atoms with Gasteiger partial charge in [0.2, 0.25) is 10.0 Å². The molecular formula is C25H35N3O4S. The second-order valence-electron chi connectivity index (χ2n) is 9.62. The molecule has 0 bridgehead atoms. The topological polar surface area (TPSA) is 82.9 Å². The third-order valence-electron chi connectivity index (χ3n) is 6.71. The zero-order chi connectivity index (χ0) is 23.4. The number of sulfonamides is 1. The molecule has 3 atom stereocenters. The summed E-state index contributed by atoms with van der Waals surface area (Å²) in [6, 6.07) is 10.4. The van der Waals surface area contributed by atoms with E-state index in [1.165, 1.54) is 18.9 Å². The van der Waals surface area contributed by atoms with Crippen LogP contribution in [0.4, 0.5) is 0 Å². The molecule has 2 fully saturated rings. The van der Waals surface area contributed by atoms with E-state index < -0.39 is 10.0 Å². The molecule has 0 saturated carbocycles.